The third-order valence-electron chi connectivity index (χ3n) is 6.18. The maximum Gasteiger partial charge on any atom is 0.339 e. The van der Waals surface area contributed by atoms with Crippen molar-refractivity contribution in [3.63, 3.8) is 0 Å². The minimum Gasteiger partial charge on any atom is -0.490 e. The van der Waals surface area contributed by atoms with E-state index in [1.165, 1.54) is 48.5 Å². The molecule has 3 aromatic carbocycles. The number of benzene rings is 3. The quantitative estimate of drug-likeness (QED) is 0.148. The molecule has 0 saturated carbocycles. The number of amides is 4. The van der Waals surface area contributed by atoms with Crippen LogP contribution in [0, 0.1) is 0 Å². The molecule has 0 bridgehead atoms. The molecule has 44 heavy (non-hydrogen) atoms. The van der Waals surface area contributed by atoms with Crippen molar-refractivity contribution in [3.05, 3.63) is 82.4 Å². The van der Waals surface area contributed by atoms with Gasteiger partial charge in [0, 0.05) is 5.02 Å². The Morgan fingerprint density at radius 2 is 1.48 bits per heavy atom. The van der Waals surface area contributed by atoms with Gasteiger partial charge >= 0.3 is 16.1 Å². The van der Waals surface area contributed by atoms with Crippen LogP contribution in [-0.2, 0) is 26.3 Å². The summed E-state index contributed by atoms with van der Waals surface area (Å²) in [5.41, 5.74) is 0.604. The molecule has 3 aromatic rings. The summed E-state index contributed by atoms with van der Waals surface area (Å²) < 4.78 is 47.9. The number of hydrogen-bond donors (Lipinski definition) is 1. The summed E-state index contributed by atoms with van der Waals surface area (Å²) in [6, 6.07) is 13.9. The third-order valence-corrected chi connectivity index (χ3v) is 7.68. The zero-order valence-electron chi connectivity index (χ0n) is 24.3. The molecule has 11 nitrogen and oxygen atoms in total. The van der Waals surface area contributed by atoms with Crippen LogP contribution in [0.4, 0.5) is 4.79 Å². The van der Waals surface area contributed by atoms with E-state index in [0.717, 1.165) is 11.3 Å². The number of hydrogen-bond acceptors (Lipinski definition) is 9. The molecular weight excluding hydrogens is 612 g/mol. The van der Waals surface area contributed by atoms with Gasteiger partial charge < -0.3 is 18.4 Å². The minimum absolute atomic E-state index is 0.0600. The van der Waals surface area contributed by atoms with Crippen LogP contribution < -0.4 is 23.7 Å². The Hall–Kier alpha value is -4.55. The van der Waals surface area contributed by atoms with Crippen molar-refractivity contribution in [2.24, 2.45) is 0 Å². The van der Waals surface area contributed by atoms with E-state index >= 15 is 0 Å². The summed E-state index contributed by atoms with van der Waals surface area (Å²) in [5.74, 6) is -0.716. The number of ether oxygens (including phenoxy) is 3. The first kappa shape index (κ1) is 32.4. The van der Waals surface area contributed by atoms with Crippen LogP contribution in [0.15, 0.2) is 71.1 Å². The lowest BCUT2D eigenvalue weighted by molar-refractivity contribution is -0.130. The van der Waals surface area contributed by atoms with Gasteiger partial charge in [0.05, 0.1) is 26.4 Å². The van der Waals surface area contributed by atoms with Gasteiger partial charge in [0.15, 0.2) is 23.0 Å². The van der Waals surface area contributed by atoms with E-state index in [-0.39, 0.29) is 35.1 Å². The molecule has 0 spiro atoms. The lowest BCUT2D eigenvalue weighted by atomic mass is 10.1. The van der Waals surface area contributed by atoms with Crippen molar-refractivity contribution in [1.29, 1.82) is 0 Å². The van der Waals surface area contributed by atoms with Gasteiger partial charge in [0.25, 0.3) is 11.8 Å². The van der Waals surface area contributed by atoms with Crippen molar-refractivity contribution in [2.75, 3.05) is 19.8 Å². The molecule has 1 aliphatic heterocycles. The van der Waals surface area contributed by atoms with E-state index in [0.29, 0.717) is 40.9 Å². The minimum atomic E-state index is -4.22. The largest absolute Gasteiger partial charge is 0.490 e. The van der Waals surface area contributed by atoms with Crippen molar-refractivity contribution < 1.29 is 41.2 Å². The third kappa shape index (κ3) is 7.69. The SMILES string of the molecule is CCCOc1ccc(CN2C(=O)NC(=O)/C(=C\c3ccc(OS(=O)(=O)c4ccc(Cl)cc4)c(OCC)c3)C2=O)cc1OCC. The van der Waals surface area contributed by atoms with Gasteiger partial charge in [-0.2, -0.15) is 8.42 Å². The summed E-state index contributed by atoms with van der Waals surface area (Å²) >= 11 is 5.86. The second kappa shape index (κ2) is 14.3. The van der Waals surface area contributed by atoms with E-state index in [4.69, 9.17) is 30.0 Å². The van der Waals surface area contributed by atoms with E-state index in [2.05, 4.69) is 5.32 Å². The smallest absolute Gasteiger partial charge is 0.339 e. The Morgan fingerprint density at radius 1 is 0.818 bits per heavy atom. The molecule has 13 heteroatoms. The number of urea groups is 1. The van der Waals surface area contributed by atoms with Crippen LogP contribution >= 0.6 is 11.6 Å². The molecule has 0 atom stereocenters. The molecule has 4 amide bonds. The summed E-state index contributed by atoms with van der Waals surface area (Å²) in [7, 11) is -4.22. The fraction of sp³-hybridized carbons (Fsp3) is 0.258. The van der Waals surface area contributed by atoms with Gasteiger partial charge in [0.2, 0.25) is 0 Å². The Morgan fingerprint density at radius 3 is 2.14 bits per heavy atom. The Kier molecular flexibility index (Phi) is 10.5. The number of carbonyl (C=O) groups is 3. The molecule has 232 valence electrons. The Balaban J connectivity index is 1.60. The van der Waals surface area contributed by atoms with E-state index in [1.54, 1.807) is 25.1 Å². The van der Waals surface area contributed by atoms with Crippen LogP contribution in [0.3, 0.4) is 0 Å². The Labute approximate surface area is 260 Å². The normalized spacial score (nSPS) is 14.4. The number of barbiturate groups is 1. The monoisotopic (exact) mass is 642 g/mol. The first-order valence-electron chi connectivity index (χ1n) is 13.8. The zero-order chi connectivity index (χ0) is 31.9. The predicted octanol–water partition coefficient (Wildman–Crippen LogP) is 5.36. The van der Waals surface area contributed by atoms with Crippen LogP contribution in [0.2, 0.25) is 5.02 Å². The standard InChI is InChI=1S/C31H31ClN2O9S/c1-4-15-42-25-13-8-21(18-27(25)40-5-2)19-34-30(36)24(29(35)33-31(34)37)16-20-7-14-26(28(17-20)41-6-3)43-44(38,39)23-11-9-22(32)10-12-23/h7-14,16-18H,4-6,15,19H2,1-3H3,(H,33,35,37)/b24-16+. The van der Waals surface area contributed by atoms with E-state index < -0.39 is 28.0 Å². The van der Waals surface area contributed by atoms with Crippen molar-refractivity contribution in [2.45, 2.75) is 38.6 Å². The topological polar surface area (TPSA) is 138 Å². The summed E-state index contributed by atoms with van der Waals surface area (Å²) in [4.78, 5) is 39.6. The number of halogens is 1. The van der Waals surface area contributed by atoms with Crippen LogP contribution in [0.1, 0.15) is 38.3 Å². The predicted molar refractivity (Wildman–Crippen MR) is 162 cm³/mol. The molecule has 0 radical (unpaired) electrons. The molecule has 1 heterocycles. The molecule has 1 saturated heterocycles. The summed E-state index contributed by atoms with van der Waals surface area (Å²) in [6.07, 6.45) is 2.09. The molecule has 4 rings (SSSR count). The number of nitrogens with one attached hydrogen (secondary N) is 1. The fourth-order valence-electron chi connectivity index (χ4n) is 4.16. The molecule has 1 fully saturated rings. The number of nitrogens with zero attached hydrogens (tertiary/aromatic N) is 1. The van der Waals surface area contributed by atoms with Crippen molar-refractivity contribution in [1.82, 2.24) is 10.2 Å². The van der Waals surface area contributed by atoms with Gasteiger partial charge in [0.1, 0.15) is 10.5 Å². The maximum atomic E-state index is 13.4. The molecule has 0 aromatic heterocycles. The number of imide groups is 2. The van der Waals surface area contributed by atoms with E-state index in [1.807, 2.05) is 13.8 Å². The molecule has 0 aliphatic carbocycles. The first-order chi connectivity index (χ1) is 21.1. The maximum absolute atomic E-state index is 13.4. The highest BCUT2D eigenvalue weighted by molar-refractivity contribution is 7.87. The van der Waals surface area contributed by atoms with Crippen molar-refractivity contribution in [3.8, 4) is 23.0 Å². The summed E-state index contributed by atoms with van der Waals surface area (Å²) in [5, 5.41) is 2.56. The Bertz CT molecular complexity index is 1690. The molecular formula is C31H31ClN2O9S. The van der Waals surface area contributed by atoms with Gasteiger partial charge in [-0.15, -0.1) is 0 Å². The lowest BCUT2D eigenvalue weighted by Gasteiger charge is -2.26. The molecule has 0 unspecified atom stereocenters. The average molecular weight is 643 g/mol. The van der Waals surface area contributed by atoms with Gasteiger partial charge in [-0.25, -0.2) is 4.79 Å². The second-order valence-electron chi connectivity index (χ2n) is 9.40. The lowest BCUT2D eigenvalue weighted by Crippen LogP contribution is -2.53. The van der Waals surface area contributed by atoms with Crippen LogP contribution in [0.5, 0.6) is 23.0 Å². The molecule has 1 N–H and O–H groups in total. The van der Waals surface area contributed by atoms with Gasteiger partial charge in [-0.1, -0.05) is 30.7 Å². The second-order valence-corrected chi connectivity index (χ2v) is 11.4. The van der Waals surface area contributed by atoms with Crippen LogP contribution in [0.25, 0.3) is 6.08 Å². The van der Waals surface area contributed by atoms with Crippen molar-refractivity contribution >= 4 is 45.6 Å². The van der Waals surface area contributed by atoms with Gasteiger partial charge in [-0.3, -0.25) is 19.8 Å². The highest BCUT2D eigenvalue weighted by Crippen LogP contribution is 2.33. The summed E-state index contributed by atoms with van der Waals surface area (Å²) in [6.45, 7) is 6.43. The first-order valence-corrected chi connectivity index (χ1v) is 15.6. The zero-order valence-corrected chi connectivity index (χ0v) is 25.9. The van der Waals surface area contributed by atoms with Crippen LogP contribution in [-0.4, -0.2) is 51.0 Å². The fourth-order valence-corrected chi connectivity index (χ4v) is 5.22. The molecule has 1 aliphatic rings. The van der Waals surface area contributed by atoms with E-state index in [9.17, 15) is 22.8 Å². The highest BCUT2D eigenvalue weighted by Gasteiger charge is 2.36. The number of carbonyl (C=O) groups excluding carboxylic acids is 3. The van der Waals surface area contributed by atoms with Gasteiger partial charge in [-0.05, 0) is 86.0 Å². The highest BCUT2D eigenvalue weighted by atomic mass is 35.5. The number of rotatable bonds is 13. The average Bonchev–Trinajstić information content (AvgIpc) is 2.98.